The van der Waals surface area contributed by atoms with Gasteiger partial charge in [0.05, 0.1) is 25.5 Å². The highest BCUT2D eigenvalue weighted by molar-refractivity contribution is 5.85. The molecule has 2 atom stereocenters. The Balaban J connectivity index is 0.000000344. The lowest BCUT2D eigenvalue weighted by Crippen LogP contribution is -2.77. The predicted molar refractivity (Wildman–Crippen MR) is 131 cm³/mol. The van der Waals surface area contributed by atoms with Crippen molar-refractivity contribution in [3.05, 3.63) is 29.7 Å². The summed E-state index contributed by atoms with van der Waals surface area (Å²) in [5.74, 6) is 1.22. The summed E-state index contributed by atoms with van der Waals surface area (Å²) in [6.07, 6.45) is 8.15. The van der Waals surface area contributed by atoms with Crippen LogP contribution in [0.2, 0.25) is 0 Å². The van der Waals surface area contributed by atoms with E-state index >= 15 is 0 Å². The molecular weight excluding hydrogens is 434 g/mol. The minimum Gasteiger partial charge on any atom is -0.496 e. The standard InChI is InChI=1S/C17H21N9O.C6H14O/c1-27-14-2-10(7-25-8-12-13(25)5-21-12)20-3-9(14)6-26-15-11(4-22-26)23-17(19)24-16(15)18;1-2-3-4-5-6-7/h2-4,12-13,21H,5-8H2,1H3,(H4,18,19,23,24);7H,2-6H2,1H3. The van der Waals surface area contributed by atoms with Crippen LogP contribution in [0, 0.1) is 0 Å². The number of anilines is 2. The highest BCUT2D eigenvalue weighted by Gasteiger charge is 2.45. The third-order valence-electron chi connectivity index (χ3n) is 6.40. The van der Waals surface area contributed by atoms with Crippen LogP contribution in [0.15, 0.2) is 18.5 Å². The van der Waals surface area contributed by atoms with Crippen LogP contribution in [0.3, 0.4) is 0 Å². The molecule has 2 aliphatic rings. The van der Waals surface area contributed by atoms with Crippen molar-refractivity contribution in [1.29, 1.82) is 0 Å². The van der Waals surface area contributed by atoms with Gasteiger partial charge in [0, 0.05) is 56.2 Å². The Hall–Kier alpha value is -3.02. The molecule has 5 heterocycles. The number of rotatable bonds is 9. The molecule has 6 N–H and O–H groups in total. The molecule has 0 bridgehead atoms. The first kappa shape index (κ1) is 24.1. The Bertz CT molecular complexity index is 1100. The van der Waals surface area contributed by atoms with Crippen molar-refractivity contribution in [3.63, 3.8) is 0 Å². The SMILES string of the molecule is CCCCCCO.COc1cc(CN2CC3NCC32)ncc1Cn1ncc2nc(N)nc(N)c21. The molecule has 11 nitrogen and oxygen atoms in total. The summed E-state index contributed by atoms with van der Waals surface area (Å²) in [6, 6.07) is 3.32. The van der Waals surface area contributed by atoms with Crippen LogP contribution in [-0.4, -0.2) is 73.6 Å². The molecule has 3 aromatic rings. The number of likely N-dealkylation sites (tertiary alicyclic amines) is 1. The average molecular weight is 470 g/mol. The first-order valence-corrected chi connectivity index (χ1v) is 11.9. The minimum atomic E-state index is 0.137. The maximum atomic E-state index is 8.29. The molecule has 2 aliphatic heterocycles. The first-order chi connectivity index (χ1) is 16.5. The number of aliphatic hydroxyl groups excluding tert-OH is 1. The molecule has 2 fully saturated rings. The van der Waals surface area contributed by atoms with E-state index in [0.29, 0.717) is 42.1 Å². The van der Waals surface area contributed by atoms with E-state index in [1.807, 2.05) is 12.3 Å². The van der Waals surface area contributed by atoms with Crippen molar-refractivity contribution < 1.29 is 9.84 Å². The summed E-state index contributed by atoms with van der Waals surface area (Å²) < 4.78 is 7.34. The van der Waals surface area contributed by atoms with Gasteiger partial charge in [-0.2, -0.15) is 10.1 Å². The van der Waals surface area contributed by atoms with Crippen molar-refractivity contribution in [3.8, 4) is 5.75 Å². The number of fused-ring (bicyclic) bond motifs is 2. The van der Waals surface area contributed by atoms with Crippen LogP contribution in [0.5, 0.6) is 5.75 Å². The fraction of sp³-hybridized carbons (Fsp3) is 0.565. The summed E-state index contributed by atoms with van der Waals surface area (Å²) in [6.45, 7) is 5.97. The maximum Gasteiger partial charge on any atom is 0.222 e. The average Bonchev–Trinajstić information content (AvgIpc) is 3.21. The second-order valence-electron chi connectivity index (χ2n) is 8.79. The molecule has 0 radical (unpaired) electrons. The van der Waals surface area contributed by atoms with Crippen molar-refractivity contribution in [2.24, 2.45) is 0 Å². The quantitative estimate of drug-likeness (QED) is 0.336. The first-order valence-electron chi connectivity index (χ1n) is 11.9. The minimum absolute atomic E-state index is 0.137. The van der Waals surface area contributed by atoms with Gasteiger partial charge in [-0.05, 0) is 6.42 Å². The lowest BCUT2D eigenvalue weighted by molar-refractivity contribution is -0.0245. The van der Waals surface area contributed by atoms with Crippen LogP contribution in [0.25, 0.3) is 11.0 Å². The normalized spacial score (nSPS) is 19.0. The van der Waals surface area contributed by atoms with E-state index in [4.69, 9.17) is 21.3 Å². The number of unbranched alkanes of at least 4 members (excludes halogenated alkanes) is 3. The molecule has 34 heavy (non-hydrogen) atoms. The summed E-state index contributed by atoms with van der Waals surface area (Å²) >= 11 is 0. The Kier molecular flexibility index (Phi) is 7.76. The topological polar surface area (TPSA) is 153 Å². The molecule has 0 saturated carbocycles. The number of nitrogen functional groups attached to an aromatic ring is 2. The molecule has 184 valence electrons. The summed E-state index contributed by atoms with van der Waals surface area (Å²) in [5.41, 5.74) is 14.8. The number of nitrogens with zero attached hydrogens (tertiary/aromatic N) is 6. The van der Waals surface area contributed by atoms with Gasteiger partial charge in [0.25, 0.3) is 0 Å². The molecule has 11 heteroatoms. The van der Waals surface area contributed by atoms with Crippen LogP contribution >= 0.6 is 0 Å². The lowest BCUT2D eigenvalue weighted by atomic mass is 9.88. The van der Waals surface area contributed by atoms with E-state index in [1.54, 1.807) is 18.0 Å². The number of piperazine rings is 1. The molecule has 0 spiro atoms. The van der Waals surface area contributed by atoms with Gasteiger partial charge in [0.15, 0.2) is 5.82 Å². The second-order valence-corrected chi connectivity index (χ2v) is 8.79. The van der Waals surface area contributed by atoms with Crippen molar-refractivity contribution in [1.82, 2.24) is 34.9 Å². The number of hydrogen-bond acceptors (Lipinski definition) is 10. The molecular formula is C23H35N9O2. The lowest BCUT2D eigenvalue weighted by Gasteiger charge is -2.56. The van der Waals surface area contributed by atoms with Gasteiger partial charge < -0.3 is 26.6 Å². The molecule has 2 saturated heterocycles. The highest BCUT2D eigenvalue weighted by Crippen LogP contribution is 2.28. The zero-order chi connectivity index (χ0) is 24.1. The molecule has 3 aromatic heterocycles. The third-order valence-corrected chi connectivity index (χ3v) is 6.40. The second kappa shape index (κ2) is 10.9. The van der Waals surface area contributed by atoms with Gasteiger partial charge in [-0.3, -0.25) is 14.6 Å². The molecule has 0 aromatic carbocycles. The van der Waals surface area contributed by atoms with Crippen molar-refractivity contribution in [2.45, 2.75) is 57.8 Å². The molecule has 2 unspecified atom stereocenters. The Morgan fingerprint density at radius 1 is 1.18 bits per heavy atom. The maximum absolute atomic E-state index is 8.29. The van der Waals surface area contributed by atoms with E-state index in [2.05, 4.69) is 37.2 Å². The van der Waals surface area contributed by atoms with Gasteiger partial charge >= 0.3 is 0 Å². The van der Waals surface area contributed by atoms with Gasteiger partial charge in [-0.15, -0.1) is 0 Å². The number of ether oxygens (including phenoxy) is 1. The number of pyridine rings is 1. The Labute approximate surface area is 199 Å². The zero-order valence-corrected chi connectivity index (χ0v) is 19.9. The van der Waals surface area contributed by atoms with E-state index in [9.17, 15) is 0 Å². The smallest absolute Gasteiger partial charge is 0.222 e. The number of methoxy groups -OCH3 is 1. The summed E-state index contributed by atoms with van der Waals surface area (Å²) in [4.78, 5) is 15.3. The zero-order valence-electron chi connectivity index (χ0n) is 19.9. The predicted octanol–water partition coefficient (Wildman–Crippen LogP) is 1.16. The number of aliphatic hydroxyl groups is 1. The van der Waals surface area contributed by atoms with Crippen LogP contribution in [-0.2, 0) is 13.1 Å². The largest absolute Gasteiger partial charge is 0.496 e. The van der Waals surface area contributed by atoms with Gasteiger partial charge in [-0.1, -0.05) is 26.2 Å². The number of hydrogen-bond donors (Lipinski definition) is 4. The fourth-order valence-corrected chi connectivity index (χ4v) is 4.37. The van der Waals surface area contributed by atoms with Crippen molar-refractivity contribution in [2.75, 3.05) is 38.3 Å². The van der Waals surface area contributed by atoms with E-state index in [0.717, 1.165) is 43.1 Å². The van der Waals surface area contributed by atoms with Crippen LogP contribution in [0.4, 0.5) is 11.8 Å². The Morgan fingerprint density at radius 2 is 2.03 bits per heavy atom. The third kappa shape index (κ3) is 5.21. The molecule has 0 amide bonds. The van der Waals surface area contributed by atoms with Crippen LogP contribution < -0.4 is 21.5 Å². The van der Waals surface area contributed by atoms with Gasteiger partial charge in [-0.25, -0.2) is 4.98 Å². The fourth-order valence-electron chi connectivity index (χ4n) is 4.37. The molecule has 5 rings (SSSR count). The Morgan fingerprint density at radius 3 is 2.68 bits per heavy atom. The van der Waals surface area contributed by atoms with Crippen LogP contribution in [0.1, 0.15) is 43.9 Å². The van der Waals surface area contributed by atoms with Crippen molar-refractivity contribution >= 4 is 22.8 Å². The molecule has 0 aliphatic carbocycles. The van der Waals surface area contributed by atoms with E-state index < -0.39 is 0 Å². The highest BCUT2D eigenvalue weighted by atomic mass is 16.5. The summed E-state index contributed by atoms with van der Waals surface area (Å²) in [7, 11) is 1.66. The van der Waals surface area contributed by atoms with E-state index in [-0.39, 0.29) is 5.95 Å². The van der Waals surface area contributed by atoms with E-state index in [1.165, 1.54) is 19.3 Å². The number of nitrogens with two attached hydrogens (primary N) is 2. The number of aromatic nitrogens is 5. The number of nitrogens with one attached hydrogen (secondary N) is 1. The van der Waals surface area contributed by atoms with Gasteiger partial charge in [0.1, 0.15) is 16.8 Å². The van der Waals surface area contributed by atoms with Gasteiger partial charge in [0.2, 0.25) is 5.95 Å². The monoisotopic (exact) mass is 469 g/mol. The summed E-state index contributed by atoms with van der Waals surface area (Å²) in [5, 5.41) is 16.1.